The average molecular weight is 281 g/mol. The smallest absolute Gasteiger partial charge is 0.254 e. The van der Waals surface area contributed by atoms with Crippen LogP contribution in [0.25, 0.3) is 0 Å². The third-order valence-corrected chi connectivity index (χ3v) is 4.30. The van der Waals surface area contributed by atoms with Gasteiger partial charge in [0.05, 0.1) is 0 Å². The van der Waals surface area contributed by atoms with Gasteiger partial charge in [-0.05, 0) is 57.0 Å². The van der Waals surface area contributed by atoms with Crippen LogP contribution < -0.4 is 5.32 Å². The van der Waals surface area contributed by atoms with Crippen molar-refractivity contribution in [1.82, 2.24) is 10.2 Å². The maximum absolute atomic E-state index is 12.5. The number of benzene rings is 1. The van der Waals surface area contributed by atoms with Crippen molar-refractivity contribution < 1.29 is 4.79 Å². The van der Waals surface area contributed by atoms with Gasteiger partial charge < -0.3 is 10.2 Å². The molecule has 2 rings (SSSR count). The van der Waals surface area contributed by atoms with Gasteiger partial charge in [-0.1, -0.05) is 17.7 Å². The first-order valence-electron chi connectivity index (χ1n) is 6.82. The van der Waals surface area contributed by atoms with Gasteiger partial charge in [-0.2, -0.15) is 0 Å². The predicted octanol–water partition coefficient (Wildman–Crippen LogP) is 2.72. The average Bonchev–Trinajstić information content (AvgIpc) is 2.42. The minimum absolute atomic E-state index is 0.114. The summed E-state index contributed by atoms with van der Waals surface area (Å²) in [5.74, 6) is 0.803. The number of hydrogen-bond acceptors (Lipinski definition) is 2. The summed E-state index contributed by atoms with van der Waals surface area (Å²) in [6, 6.07) is 5.53. The number of carbonyl (C=O) groups is 1. The molecule has 1 N–H and O–H groups in total. The first kappa shape index (κ1) is 14.4. The molecule has 1 amide bonds. The zero-order chi connectivity index (χ0) is 13.8. The number of nitrogens with one attached hydrogen (secondary N) is 1. The van der Waals surface area contributed by atoms with Crippen molar-refractivity contribution in [3.8, 4) is 0 Å². The summed E-state index contributed by atoms with van der Waals surface area (Å²) in [5, 5.41) is 3.87. The fourth-order valence-corrected chi connectivity index (χ4v) is 2.81. The van der Waals surface area contributed by atoms with Crippen LogP contribution in [0.3, 0.4) is 0 Å². The van der Waals surface area contributed by atoms with Crippen LogP contribution in [-0.2, 0) is 0 Å². The molecule has 0 saturated carbocycles. The number of amides is 1. The molecule has 1 aliphatic heterocycles. The monoisotopic (exact) mass is 280 g/mol. The maximum atomic E-state index is 12.5. The second-order valence-corrected chi connectivity index (χ2v) is 5.61. The Morgan fingerprint density at radius 2 is 2.11 bits per heavy atom. The number of rotatable bonds is 3. The van der Waals surface area contributed by atoms with Gasteiger partial charge in [0.2, 0.25) is 0 Å². The molecule has 19 heavy (non-hydrogen) atoms. The molecule has 0 unspecified atom stereocenters. The summed E-state index contributed by atoms with van der Waals surface area (Å²) in [5.41, 5.74) is 1.62. The Morgan fingerprint density at radius 3 is 2.74 bits per heavy atom. The molecule has 1 aromatic rings. The van der Waals surface area contributed by atoms with Gasteiger partial charge in [0.15, 0.2) is 0 Å². The summed E-state index contributed by atoms with van der Waals surface area (Å²) in [6.45, 7) is 4.63. The lowest BCUT2D eigenvalue weighted by atomic mass is 9.96. The molecule has 1 aliphatic rings. The Labute approximate surface area is 119 Å². The maximum Gasteiger partial charge on any atom is 0.254 e. The Kier molecular flexibility index (Phi) is 4.83. The molecule has 0 aliphatic carbocycles. The van der Waals surface area contributed by atoms with E-state index in [2.05, 4.69) is 5.32 Å². The number of carbonyl (C=O) groups excluding carboxylic acids is 1. The molecular weight excluding hydrogens is 260 g/mol. The van der Waals surface area contributed by atoms with Crippen molar-refractivity contribution in [3.63, 3.8) is 0 Å². The second-order valence-electron chi connectivity index (χ2n) is 5.21. The standard InChI is InChI=1S/C15H21ClN2O/c1-11-13(4-3-5-14(11)16)15(19)18-8-6-12(7-9-18)10-17-2/h3-5,12,17H,6-10H2,1-2H3. The van der Waals surface area contributed by atoms with E-state index < -0.39 is 0 Å². The lowest BCUT2D eigenvalue weighted by molar-refractivity contribution is 0.0690. The van der Waals surface area contributed by atoms with Crippen LogP contribution in [-0.4, -0.2) is 37.5 Å². The number of likely N-dealkylation sites (tertiary alicyclic amines) is 1. The van der Waals surface area contributed by atoms with Crippen molar-refractivity contribution in [2.24, 2.45) is 5.92 Å². The molecule has 1 heterocycles. The Balaban J connectivity index is 2.03. The molecule has 0 radical (unpaired) electrons. The van der Waals surface area contributed by atoms with E-state index in [0.29, 0.717) is 10.9 Å². The fraction of sp³-hybridized carbons (Fsp3) is 0.533. The number of piperidine rings is 1. The highest BCUT2D eigenvalue weighted by Crippen LogP contribution is 2.23. The van der Waals surface area contributed by atoms with Crippen molar-refractivity contribution in [2.45, 2.75) is 19.8 Å². The molecule has 0 atom stereocenters. The lowest BCUT2D eigenvalue weighted by Crippen LogP contribution is -2.40. The first-order chi connectivity index (χ1) is 9.13. The molecule has 1 fully saturated rings. The zero-order valence-corrected chi connectivity index (χ0v) is 12.3. The number of nitrogens with zero attached hydrogens (tertiary/aromatic N) is 1. The normalized spacial score (nSPS) is 16.7. The van der Waals surface area contributed by atoms with E-state index in [1.54, 1.807) is 0 Å². The SMILES string of the molecule is CNCC1CCN(C(=O)c2cccc(Cl)c2C)CC1. The third-order valence-electron chi connectivity index (χ3n) is 3.89. The Morgan fingerprint density at radius 1 is 1.42 bits per heavy atom. The van der Waals surface area contributed by atoms with Crippen LogP contribution in [0.5, 0.6) is 0 Å². The summed E-state index contributed by atoms with van der Waals surface area (Å²) in [4.78, 5) is 14.4. The molecule has 0 spiro atoms. The van der Waals surface area contributed by atoms with E-state index >= 15 is 0 Å². The topological polar surface area (TPSA) is 32.3 Å². The summed E-state index contributed by atoms with van der Waals surface area (Å²) >= 11 is 6.08. The number of hydrogen-bond donors (Lipinski definition) is 1. The summed E-state index contributed by atoms with van der Waals surface area (Å²) in [6.07, 6.45) is 2.15. The molecule has 1 saturated heterocycles. The van der Waals surface area contributed by atoms with Crippen molar-refractivity contribution in [1.29, 1.82) is 0 Å². The van der Waals surface area contributed by atoms with Gasteiger partial charge >= 0.3 is 0 Å². The van der Waals surface area contributed by atoms with E-state index in [4.69, 9.17) is 11.6 Å². The Bertz CT molecular complexity index is 453. The van der Waals surface area contributed by atoms with Crippen LogP contribution in [0.15, 0.2) is 18.2 Å². The fourth-order valence-electron chi connectivity index (χ4n) is 2.64. The largest absolute Gasteiger partial charge is 0.339 e. The van der Waals surface area contributed by atoms with Gasteiger partial charge in [0, 0.05) is 23.7 Å². The molecule has 4 heteroatoms. The van der Waals surface area contributed by atoms with E-state index in [9.17, 15) is 4.79 Å². The van der Waals surface area contributed by atoms with Crippen molar-refractivity contribution in [2.75, 3.05) is 26.7 Å². The van der Waals surface area contributed by atoms with E-state index in [1.165, 1.54) is 0 Å². The minimum Gasteiger partial charge on any atom is -0.339 e. The summed E-state index contributed by atoms with van der Waals surface area (Å²) in [7, 11) is 1.98. The van der Waals surface area contributed by atoms with Gasteiger partial charge in [-0.25, -0.2) is 0 Å². The molecule has 104 valence electrons. The highest BCUT2D eigenvalue weighted by atomic mass is 35.5. The first-order valence-corrected chi connectivity index (χ1v) is 7.20. The molecule has 0 bridgehead atoms. The van der Waals surface area contributed by atoms with E-state index in [1.807, 2.05) is 37.1 Å². The summed E-state index contributed by atoms with van der Waals surface area (Å²) < 4.78 is 0. The van der Waals surface area contributed by atoms with Crippen LogP contribution in [0.1, 0.15) is 28.8 Å². The van der Waals surface area contributed by atoms with Crippen LogP contribution in [0.2, 0.25) is 5.02 Å². The van der Waals surface area contributed by atoms with Gasteiger partial charge in [-0.15, -0.1) is 0 Å². The minimum atomic E-state index is 0.114. The molecule has 0 aromatic heterocycles. The Hall–Kier alpha value is -1.06. The number of halogens is 1. The second kappa shape index (κ2) is 6.40. The quantitative estimate of drug-likeness (QED) is 0.923. The van der Waals surface area contributed by atoms with Gasteiger partial charge in [0.25, 0.3) is 5.91 Å². The van der Waals surface area contributed by atoms with Crippen LogP contribution in [0, 0.1) is 12.8 Å². The predicted molar refractivity (Wildman–Crippen MR) is 78.7 cm³/mol. The van der Waals surface area contributed by atoms with Gasteiger partial charge in [0.1, 0.15) is 0 Å². The molecule has 1 aromatic carbocycles. The highest BCUT2D eigenvalue weighted by molar-refractivity contribution is 6.31. The lowest BCUT2D eigenvalue weighted by Gasteiger charge is -2.32. The molecular formula is C15H21ClN2O. The molecule has 3 nitrogen and oxygen atoms in total. The van der Waals surface area contributed by atoms with Crippen molar-refractivity contribution >= 4 is 17.5 Å². The van der Waals surface area contributed by atoms with Gasteiger partial charge in [-0.3, -0.25) is 4.79 Å². The van der Waals surface area contributed by atoms with E-state index in [0.717, 1.165) is 43.6 Å². The zero-order valence-electron chi connectivity index (χ0n) is 11.6. The third kappa shape index (κ3) is 3.28. The van der Waals surface area contributed by atoms with Crippen molar-refractivity contribution in [3.05, 3.63) is 34.3 Å². The van der Waals surface area contributed by atoms with Crippen LogP contribution in [0.4, 0.5) is 0 Å². The van der Waals surface area contributed by atoms with Crippen LogP contribution >= 0.6 is 11.6 Å². The van der Waals surface area contributed by atoms with E-state index in [-0.39, 0.29) is 5.91 Å². The highest BCUT2D eigenvalue weighted by Gasteiger charge is 2.24.